The van der Waals surface area contributed by atoms with E-state index >= 15 is 0 Å². The summed E-state index contributed by atoms with van der Waals surface area (Å²) in [7, 11) is 2.71. The van der Waals surface area contributed by atoms with E-state index in [0.717, 1.165) is 11.1 Å². The molecule has 0 aliphatic carbocycles. The zero-order chi connectivity index (χ0) is 26.0. The Kier molecular flexibility index (Phi) is 8.84. The van der Waals surface area contributed by atoms with Crippen molar-refractivity contribution < 1.29 is 28.5 Å². The van der Waals surface area contributed by atoms with Crippen LogP contribution < -0.4 is 9.47 Å². The van der Waals surface area contributed by atoms with Crippen molar-refractivity contribution in [3.05, 3.63) is 119 Å². The van der Waals surface area contributed by atoms with E-state index in [1.165, 1.54) is 14.2 Å². The Bertz CT molecular complexity index is 1250. The molecule has 188 valence electrons. The summed E-state index contributed by atoms with van der Waals surface area (Å²) in [4.78, 5) is 24.8. The highest BCUT2D eigenvalue weighted by atomic mass is 32.2. The normalized spacial score (nSPS) is 10.4. The van der Waals surface area contributed by atoms with E-state index in [0.29, 0.717) is 45.6 Å². The second kappa shape index (κ2) is 12.6. The summed E-state index contributed by atoms with van der Waals surface area (Å²) < 4.78 is 21.8. The predicted octanol–water partition coefficient (Wildman–Crippen LogP) is 7.28. The largest absolute Gasteiger partial charge is 0.465 e. The molecule has 4 aromatic rings. The Hall–Kier alpha value is -4.23. The Morgan fingerprint density at radius 2 is 0.973 bits per heavy atom. The molecular formula is C30H26O6S. The number of para-hydroxylation sites is 2. The minimum absolute atomic E-state index is 0.421. The highest BCUT2D eigenvalue weighted by molar-refractivity contribution is 7.97. The fourth-order valence-corrected chi connectivity index (χ4v) is 4.66. The molecule has 0 spiro atoms. The third-order valence-electron chi connectivity index (χ3n) is 5.44. The maximum Gasteiger partial charge on any atom is 0.338 e. The Labute approximate surface area is 220 Å². The molecule has 0 amide bonds. The number of hydrogen-bond acceptors (Lipinski definition) is 7. The van der Waals surface area contributed by atoms with Crippen LogP contribution in [0.25, 0.3) is 0 Å². The highest BCUT2D eigenvalue weighted by Gasteiger charge is 2.16. The van der Waals surface area contributed by atoms with Gasteiger partial charge in [0.25, 0.3) is 0 Å². The van der Waals surface area contributed by atoms with Crippen molar-refractivity contribution in [2.75, 3.05) is 14.2 Å². The van der Waals surface area contributed by atoms with Gasteiger partial charge in [-0.05, 0) is 71.8 Å². The topological polar surface area (TPSA) is 71.1 Å². The van der Waals surface area contributed by atoms with Gasteiger partial charge in [0.15, 0.2) is 0 Å². The average Bonchev–Trinajstić information content (AvgIpc) is 2.93. The van der Waals surface area contributed by atoms with Crippen molar-refractivity contribution in [1.82, 2.24) is 0 Å². The SMILES string of the molecule is COC(=O)c1ccc(Oc2ccccc2)cc1CSCc1cc(Oc2ccccc2)ccc1C(=O)OC. The summed E-state index contributed by atoms with van der Waals surface area (Å²) in [5.74, 6) is 2.76. The van der Waals surface area contributed by atoms with Gasteiger partial charge in [-0.3, -0.25) is 0 Å². The van der Waals surface area contributed by atoms with E-state index in [2.05, 4.69) is 0 Å². The standard InChI is InChI=1S/C30H26O6S/c1-33-29(31)27-15-13-25(35-23-9-5-3-6-10-23)17-21(27)19-37-20-22-18-26(14-16-28(22)30(32)34-2)36-24-11-7-4-8-12-24/h3-18H,19-20H2,1-2H3. The van der Waals surface area contributed by atoms with Gasteiger partial charge in [-0.15, -0.1) is 0 Å². The fourth-order valence-electron chi connectivity index (χ4n) is 3.64. The lowest BCUT2D eigenvalue weighted by molar-refractivity contribution is 0.0591. The van der Waals surface area contributed by atoms with Crippen LogP contribution in [-0.2, 0) is 21.0 Å². The molecule has 0 aromatic heterocycles. The van der Waals surface area contributed by atoms with E-state index < -0.39 is 11.9 Å². The number of carbonyl (C=O) groups is 2. The van der Waals surface area contributed by atoms with Crippen LogP contribution in [0.1, 0.15) is 31.8 Å². The van der Waals surface area contributed by atoms with Crippen molar-refractivity contribution >= 4 is 23.7 Å². The maximum absolute atomic E-state index is 12.4. The van der Waals surface area contributed by atoms with Crippen LogP contribution in [0, 0.1) is 0 Å². The van der Waals surface area contributed by atoms with Gasteiger partial charge in [-0.2, -0.15) is 11.8 Å². The molecule has 0 saturated heterocycles. The van der Waals surface area contributed by atoms with Gasteiger partial charge in [0.05, 0.1) is 25.3 Å². The van der Waals surface area contributed by atoms with Gasteiger partial charge in [-0.25, -0.2) is 9.59 Å². The zero-order valence-electron chi connectivity index (χ0n) is 20.5. The van der Waals surface area contributed by atoms with Gasteiger partial charge in [0.1, 0.15) is 23.0 Å². The second-order valence-corrected chi connectivity index (χ2v) is 8.93. The highest BCUT2D eigenvalue weighted by Crippen LogP contribution is 2.31. The molecule has 6 nitrogen and oxygen atoms in total. The van der Waals surface area contributed by atoms with Crippen LogP contribution in [-0.4, -0.2) is 26.2 Å². The van der Waals surface area contributed by atoms with E-state index in [4.69, 9.17) is 18.9 Å². The van der Waals surface area contributed by atoms with Crippen molar-refractivity contribution in [2.24, 2.45) is 0 Å². The number of hydrogen-bond donors (Lipinski definition) is 0. The Balaban J connectivity index is 1.54. The van der Waals surface area contributed by atoms with Gasteiger partial charge < -0.3 is 18.9 Å². The van der Waals surface area contributed by atoms with E-state index in [-0.39, 0.29) is 0 Å². The smallest absolute Gasteiger partial charge is 0.338 e. The zero-order valence-corrected chi connectivity index (χ0v) is 21.3. The fraction of sp³-hybridized carbons (Fsp3) is 0.133. The van der Waals surface area contributed by atoms with Gasteiger partial charge >= 0.3 is 11.9 Å². The average molecular weight is 515 g/mol. The van der Waals surface area contributed by atoms with Crippen LogP contribution in [0.15, 0.2) is 97.1 Å². The van der Waals surface area contributed by atoms with Crippen molar-refractivity contribution in [3.8, 4) is 23.0 Å². The molecule has 7 heteroatoms. The monoisotopic (exact) mass is 514 g/mol. The van der Waals surface area contributed by atoms with Crippen LogP contribution in [0.5, 0.6) is 23.0 Å². The van der Waals surface area contributed by atoms with Crippen molar-refractivity contribution in [2.45, 2.75) is 11.5 Å². The van der Waals surface area contributed by atoms with Crippen molar-refractivity contribution in [3.63, 3.8) is 0 Å². The summed E-state index contributed by atoms with van der Waals surface area (Å²) in [5.41, 5.74) is 2.46. The predicted molar refractivity (Wildman–Crippen MR) is 144 cm³/mol. The quantitative estimate of drug-likeness (QED) is 0.206. The van der Waals surface area contributed by atoms with Crippen LogP contribution in [0.2, 0.25) is 0 Å². The first-order valence-electron chi connectivity index (χ1n) is 11.5. The van der Waals surface area contributed by atoms with Crippen LogP contribution in [0.4, 0.5) is 0 Å². The van der Waals surface area contributed by atoms with Gasteiger partial charge in [-0.1, -0.05) is 36.4 Å². The lowest BCUT2D eigenvalue weighted by atomic mass is 10.1. The molecule has 0 N–H and O–H groups in total. The summed E-state index contributed by atoms with van der Waals surface area (Å²) in [5, 5.41) is 0. The summed E-state index contributed by atoms with van der Waals surface area (Å²) in [6.07, 6.45) is 0. The molecule has 0 aliphatic rings. The number of benzene rings is 4. The first-order valence-corrected chi connectivity index (χ1v) is 12.7. The minimum atomic E-state index is -0.421. The van der Waals surface area contributed by atoms with Crippen LogP contribution in [0.3, 0.4) is 0 Å². The van der Waals surface area contributed by atoms with E-state index in [1.54, 1.807) is 36.0 Å². The number of thioether (sulfide) groups is 1. The summed E-state index contributed by atoms with van der Waals surface area (Å²) in [6.45, 7) is 0. The molecule has 37 heavy (non-hydrogen) atoms. The molecule has 0 bridgehead atoms. The Morgan fingerprint density at radius 1 is 0.568 bits per heavy atom. The van der Waals surface area contributed by atoms with Crippen LogP contribution >= 0.6 is 11.8 Å². The third kappa shape index (κ3) is 6.92. The molecule has 0 radical (unpaired) electrons. The lowest BCUT2D eigenvalue weighted by Crippen LogP contribution is -2.07. The maximum atomic E-state index is 12.4. The molecule has 0 unspecified atom stereocenters. The lowest BCUT2D eigenvalue weighted by Gasteiger charge is -2.13. The molecule has 4 aromatic carbocycles. The van der Waals surface area contributed by atoms with Crippen molar-refractivity contribution in [1.29, 1.82) is 0 Å². The van der Waals surface area contributed by atoms with Gasteiger partial charge in [0, 0.05) is 11.5 Å². The number of methoxy groups -OCH3 is 2. The molecule has 4 rings (SSSR count). The summed E-state index contributed by atoms with van der Waals surface area (Å²) in [6, 6.07) is 29.4. The van der Waals surface area contributed by atoms with E-state index in [1.807, 2.05) is 72.8 Å². The second-order valence-electron chi connectivity index (χ2n) is 7.94. The molecule has 0 fully saturated rings. The Morgan fingerprint density at radius 3 is 1.35 bits per heavy atom. The summed E-state index contributed by atoms with van der Waals surface area (Å²) >= 11 is 1.55. The molecule has 0 aliphatic heterocycles. The first-order chi connectivity index (χ1) is 18.1. The molecule has 0 saturated carbocycles. The number of rotatable bonds is 10. The van der Waals surface area contributed by atoms with Gasteiger partial charge in [0.2, 0.25) is 0 Å². The minimum Gasteiger partial charge on any atom is -0.465 e. The molecule has 0 heterocycles. The van der Waals surface area contributed by atoms with E-state index in [9.17, 15) is 9.59 Å². The number of esters is 2. The number of carbonyl (C=O) groups excluding carboxylic acids is 2. The first kappa shape index (κ1) is 25.9. The molecular weight excluding hydrogens is 488 g/mol. The number of ether oxygens (including phenoxy) is 4. The third-order valence-corrected chi connectivity index (χ3v) is 6.47. The molecule has 0 atom stereocenters.